The molecule has 2 fully saturated rings. The van der Waals surface area contributed by atoms with Gasteiger partial charge in [0, 0.05) is 25.5 Å². The van der Waals surface area contributed by atoms with Crippen LogP contribution in [0.15, 0.2) is 48.9 Å². The van der Waals surface area contributed by atoms with Gasteiger partial charge in [0.25, 0.3) is 5.91 Å². The number of amides is 2. The lowest BCUT2D eigenvalue weighted by molar-refractivity contribution is -0.151. The van der Waals surface area contributed by atoms with Gasteiger partial charge < -0.3 is 24.8 Å². The highest BCUT2D eigenvalue weighted by Crippen LogP contribution is 2.28. The van der Waals surface area contributed by atoms with Crippen LogP contribution >= 0.6 is 0 Å². The molecule has 4 rings (SSSR count). The standard InChI is InChI=1S/C23H28N4O5/c28-17-13-27(23(30)19-12-24-8-9-25-19)20-7-6-18(32-21(20)15-31-14-17)10-22(29)26-11-16-4-2-1-3-5-16/h1-5,8-9,12,17-18,20-21,28H,6-7,10-11,13-15H2,(H,26,29)/t17-,18+,20+,21-/m0/s1. The number of ether oxygens (including phenoxy) is 2. The Morgan fingerprint density at radius 3 is 2.78 bits per heavy atom. The molecule has 9 heteroatoms. The van der Waals surface area contributed by atoms with Crippen molar-refractivity contribution in [3.63, 3.8) is 0 Å². The highest BCUT2D eigenvalue weighted by atomic mass is 16.5. The number of aliphatic hydroxyl groups excluding tert-OH is 1. The second kappa shape index (κ2) is 10.6. The Morgan fingerprint density at radius 1 is 1.16 bits per heavy atom. The number of nitrogens with one attached hydrogen (secondary N) is 1. The summed E-state index contributed by atoms with van der Waals surface area (Å²) < 4.78 is 11.8. The molecule has 2 amide bonds. The number of carbonyl (C=O) groups excluding carboxylic acids is 2. The zero-order chi connectivity index (χ0) is 22.3. The largest absolute Gasteiger partial charge is 0.389 e. The van der Waals surface area contributed by atoms with Gasteiger partial charge in [-0.15, -0.1) is 0 Å². The monoisotopic (exact) mass is 440 g/mol. The minimum atomic E-state index is -0.793. The predicted octanol–water partition coefficient (Wildman–Crippen LogP) is 0.933. The number of hydrogen-bond acceptors (Lipinski definition) is 7. The van der Waals surface area contributed by atoms with Crippen molar-refractivity contribution in [3.05, 3.63) is 60.2 Å². The van der Waals surface area contributed by atoms with Crippen LogP contribution < -0.4 is 5.32 Å². The molecule has 0 saturated carbocycles. The molecule has 0 unspecified atom stereocenters. The summed E-state index contributed by atoms with van der Waals surface area (Å²) in [6, 6.07) is 9.46. The molecular formula is C23H28N4O5. The summed E-state index contributed by atoms with van der Waals surface area (Å²) >= 11 is 0. The minimum Gasteiger partial charge on any atom is -0.389 e. The second-order valence-electron chi connectivity index (χ2n) is 8.15. The van der Waals surface area contributed by atoms with Crippen molar-refractivity contribution in [2.24, 2.45) is 0 Å². The first-order valence-corrected chi connectivity index (χ1v) is 10.9. The van der Waals surface area contributed by atoms with Crippen molar-refractivity contribution in [2.45, 2.75) is 50.2 Å². The number of benzene rings is 1. The molecule has 0 radical (unpaired) electrons. The van der Waals surface area contributed by atoms with E-state index in [9.17, 15) is 14.7 Å². The summed E-state index contributed by atoms with van der Waals surface area (Å²) in [6.07, 6.45) is 4.47. The van der Waals surface area contributed by atoms with E-state index in [0.29, 0.717) is 19.4 Å². The van der Waals surface area contributed by atoms with Crippen LogP contribution in [0.25, 0.3) is 0 Å². The van der Waals surface area contributed by atoms with E-state index >= 15 is 0 Å². The van der Waals surface area contributed by atoms with Gasteiger partial charge in [-0.3, -0.25) is 14.6 Å². The number of hydrogen-bond donors (Lipinski definition) is 2. The quantitative estimate of drug-likeness (QED) is 0.711. The minimum absolute atomic E-state index is 0.0769. The van der Waals surface area contributed by atoms with E-state index in [4.69, 9.17) is 9.47 Å². The number of nitrogens with zero attached hydrogens (tertiary/aromatic N) is 3. The van der Waals surface area contributed by atoms with Crippen LogP contribution in [0.2, 0.25) is 0 Å². The summed E-state index contributed by atoms with van der Waals surface area (Å²) in [6.45, 7) is 0.954. The summed E-state index contributed by atoms with van der Waals surface area (Å²) in [5.74, 6) is -0.372. The van der Waals surface area contributed by atoms with E-state index < -0.39 is 6.10 Å². The van der Waals surface area contributed by atoms with Gasteiger partial charge in [-0.25, -0.2) is 4.98 Å². The lowest BCUT2D eigenvalue weighted by Gasteiger charge is -2.44. The van der Waals surface area contributed by atoms with Crippen molar-refractivity contribution >= 4 is 11.8 Å². The highest BCUT2D eigenvalue weighted by Gasteiger charge is 2.40. The van der Waals surface area contributed by atoms with Crippen molar-refractivity contribution in [1.82, 2.24) is 20.2 Å². The topological polar surface area (TPSA) is 114 Å². The lowest BCUT2D eigenvalue weighted by atomic mass is 9.94. The molecule has 4 atom stereocenters. The lowest BCUT2D eigenvalue weighted by Crippen LogP contribution is -2.57. The normalized spacial score (nSPS) is 25.8. The van der Waals surface area contributed by atoms with Crippen molar-refractivity contribution in [1.29, 1.82) is 0 Å². The first-order chi connectivity index (χ1) is 15.6. The molecule has 32 heavy (non-hydrogen) atoms. The molecule has 3 heterocycles. The number of aliphatic hydroxyl groups is 1. The van der Waals surface area contributed by atoms with Crippen molar-refractivity contribution < 1.29 is 24.2 Å². The molecule has 170 valence electrons. The molecule has 0 aliphatic carbocycles. The van der Waals surface area contributed by atoms with Crippen LogP contribution in [0, 0.1) is 0 Å². The molecule has 2 aliphatic heterocycles. The third-order valence-corrected chi connectivity index (χ3v) is 5.77. The zero-order valence-electron chi connectivity index (χ0n) is 17.8. The number of aromatic nitrogens is 2. The van der Waals surface area contributed by atoms with Gasteiger partial charge in [-0.1, -0.05) is 30.3 Å². The van der Waals surface area contributed by atoms with Gasteiger partial charge in [0.2, 0.25) is 5.91 Å². The molecule has 1 aromatic heterocycles. The van der Waals surface area contributed by atoms with E-state index in [1.165, 1.54) is 18.6 Å². The van der Waals surface area contributed by atoms with Crippen LogP contribution in [0.3, 0.4) is 0 Å². The van der Waals surface area contributed by atoms with Crippen LogP contribution in [-0.2, 0) is 20.8 Å². The fourth-order valence-corrected chi connectivity index (χ4v) is 4.21. The van der Waals surface area contributed by atoms with E-state index in [1.54, 1.807) is 4.90 Å². The first-order valence-electron chi connectivity index (χ1n) is 10.9. The maximum Gasteiger partial charge on any atom is 0.274 e. The Bertz CT molecular complexity index is 898. The number of fused-ring (bicyclic) bond motifs is 1. The first kappa shape index (κ1) is 22.3. The average Bonchev–Trinajstić information content (AvgIpc) is 2.81. The Hall–Kier alpha value is -2.88. The summed E-state index contributed by atoms with van der Waals surface area (Å²) in [5.41, 5.74) is 1.26. The van der Waals surface area contributed by atoms with E-state index in [-0.39, 0.29) is 61.9 Å². The molecule has 2 aliphatic rings. The van der Waals surface area contributed by atoms with Gasteiger partial charge >= 0.3 is 0 Å². The molecule has 0 spiro atoms. The smallest absolute Gasteiger partial charge is 0.274 e. The highest BCUT2D eigenvalue weighted by molar-refractivity contribution is 5.92. The van der Waals surface area contributed by atoms with E-state index in [1.807, 2.05) is 30.3 Å². The molecule has 2 saturated heterocycles. The molecule has 1 aromatic carbocycles. The Labute approximate surface area is 186 Å². The predicted molar refractivity (Wildman–Crippen MR) is 114 cm³/mol. The zero-order valence-corrected chi connectivity index (χ0v) is 17.8. The average molecular weight is 441 g/mol. The summed E-state index contributed by atoms with van der Waals surface area (Å²) in [7, 11) is 0. The Kier molecular flexibility index (Phi) is 7.41. The van der Waals surface area contributed by atoms with Crippen molar-refractivity contribution in [2.75, 3.05) is 19.8 Å². The Balaban J connectivity index is 1.38. The number of rotatable bonds is 5. The van der Waals surface area contributed by atoms with Gasteiger partial charge in [0.15, 0.2) is 0 Å². The molecular weight excluding hydrogens is 412 g/mol. The van der Waals surface area contributed by atoms with Crippen LogP contribution in [0.1, 0.15) is 35.3 Å². The maximum absolute atomic E-state index is 13.1. The molecule has 2 N–H and O–H groups in total. The maximum atomic E-state index is 13.1. The molecule has 0 bridgehead atoms. The van der Waals surface area contributed by atoms with Gasteiger partial charge in [0.05, 0.1) is 44.1 Å². The molecule has 9 nitrogen and oxygen atoms in total. The van der Waals surface area contributed by atoms with Gasteiger partial charge in [-0.05, 0) is 18.4 Å². The number of β-amino-alcohol motifs (C(OH)–C–C–N with tert-alkyl or cyclic N) is 1. The van der Waals surface area contributed by atoms with Crippen molar-refractivity contribution in [3.8, 4) is 0 Å². The van der Waals surface area contributed by atoms with Crippen LogP contribution in [-0.4, -0.2) is 75.9 Å². The third-order valence-electron chi connectivity index (χ3n) is 5.77. The summed E-state index contributed by atoms with van der Waals surface area (Å²) in [4.78, 5) is 35.2. The Morgan fingerprint density at radius 2 is 2.00 bits per heavy atom. The fourth-order valence-electron chi connectivity index (χ4n) is 4.21. The van der Waals surface area contributed by atoms with E-state index in [2.05, 4.69) is 15.3 Å². The summed E-state index contributed by atoms with van der Waals surface area (Å²) in [5, 5.41) is 13.2. The second-order valence-corrected chi connectivity index (χ2v) is 8.15. The molecule has 2 aromatic rings. The number of carbonyl (C=O) groups is 2. The van der Waals surface area contributed by atoms with E-state index in [0.717, 1.165) is 5.56 Å². The van der Waals surface area contributed by atoms with Crippen LogP contribution in [0.4, 0.5) is 0 Å². The van der Waals surface area contributed by atoms with Crippen LogP contribution in [0.5, 0.6) is 0 Å². The van der Waals surface area contributed by atoms with Gasteiger partial charge in [0.1, 0.15) is 11.8 Å². The van der Waals surface area contributed by atoms with Gasteiger partial charge in [-0.2, -0.15) is 0 Å². The fraction of sp³-hybridized carbons (Fsp3) is 0.478. The SMILES string of the molecule is O=C(C[C@H]1CC[C@@H]2[C@H](COC[C@@H](O)CN2C(=O)c2cnccn2)O1)NCc1ccccc1. The third kappa shape index (κ3) is 5.67.